The second-order valence-electron chi connectivity index (χ2n) is 2.26. The summed E-state index contributed by atoms with van der Waals surface area (Å²) in [6, 6.07) is 3.38. The van der Waals surface area contributed by atoms with Crippen LogP contribution < -0.4 is 5.73 Å². The average molecular weight is 220 g/mol. The summed E-state index contributed by atoms with van der Waals surface area (Å²) in [4.78, 5) is 0. The lowest BCUT2D eigenvalue weighted by Gasteiger charge is -2.04. The van der Waals surface area contributed by atoms with Gasteiger partial charge in [0.2, 0.25) is 0 Å². The lowest BCUT2D eigenvalue weighted by molar-refractivity contribution is 0.268. The molecule has 0 spiro atoms. The van der Waals surface area contributed by atoms with E-state index in [0.29, 0.717) is 16.9 Å². The Hall–Kier alpha value is -0.320. The SMILES string of the molecule is NC(CCO)c1ccc(Br)o1. The zero-order valence-corrected chi connectivity index (χ0v) is 7.54. The van der Waals surface area contributed by atoms with Crippen LogP contribution in [0.1, 0.15) is 18.2 Å². The molecule has 1 atom stereocenters. The molecule has 1 rings (SSSR count). The van der Waals surface area contributed by atoms with Gasteiger partial charge in [-0.15, -0.1) is 0 Å². The fraction of sp³-hybridized carbons (Fsp3) is 0.429. The summed E-state index contributed by atoms with van der Waals surface area (Å²) >= 11 is 3.17. The first-order valence-corrected chi connectivity index (χ1v) is 4.15. The van der Waals surface area contributed by atoms with E-state index in [1.165, 1.54) is 0 Å². The molecule has 1 heterocycles. The van der Waals surface area contributed by atoms with Gasteiger partial charge in [-0.25, -0.2) is 0 Å². The van der Waals surface area contributed by atoms with Gasteiger partial charge >= 0.3 is 0 Å². The van der Waals surface area contributed by atoms with Crippen molar-refractivity contribution in [1.82, 2.24) is 0 Å². The number of aliphatic hydroxyl groups is 1. The maximum atomic E-state index is 8.57. The quantitative estimate of drug-likeness (QED) is 0.809. The van der Waals surface area contributed by atoms with Crippen molar-refractivity contribution in [3.8, 4) is 0 Å². The highest BCUT2D eigenvalue weighted by molar-refractivity contribution is 9.10. The van der Waals surface area contributed by atoms with Gasteiger partial charge in [-0.05, 0) is 34.5 Å². The fourth-order valence-corrected chi connectivity index (χ4v) is 1.13. The standard InChI is InChI=1S/C7H10BrNO2/c8-7-2-1-6(11-7)5(9)3-4-10/h1-2,5,10H,3-4,9H2. The molecule has 1 unspecified atom stereocenters. The molecule has 0 amide bonds. The minimum absolute atomic E-state index is 0.0828. The Kier molecular flexibility index (Phi) is 3.11. The second-order valence-corrected chi connectivity index (χ2v) is 3.04. The second kappa shape index (κ2) is 3.90. The summed E-state index contributed by atoms with van der Waals surface area (Å²) in [5.74, 6) is 0.700. The van der Waals surface area contributed by atoms with Crippen molar-refractivity contribution in [3.63, 3.8) is 0 Å². The molecule has 11 heavy (non-hydrogen) atoms. The Morgan fingerprint density at radius 2 is 2.36 bits per heavy atom. The van der Waals surface area contributed by atoms with E-state index >= 15 is 0 Å². The topological polar surface area (TPSA) is 59.4 Å². The Balaban J connectivity index is 2.60. The third kappa shape index (κ3) is 2.32. The summed E-state index contributed by atoms with van der Waals surface area (Å²) in [6.45, 7) is 0.0828. The van der Waals surface area contributed by atoms with E-state index in [1.807, 2.05) is 0 Å². The zero-order valence-electron chi connectivity index (χ0n) is 5.96. The molecule has 0 aliphatic carbocycles. The summed E-state index contributed by atoms with van der Waals surface area (Å²) in [7, 11) is 0. The van der Waals surface area contributed by atoms with E-state index in [2.05, 4.69) is 15.9 Å². The van der Waals surface area contributed by atoms with Crippen LogP contribution in [0.2, 0.25) is 0 Å². The van der Waals surface area contributed by atoms with Crippen LogP contribution in [0.5, 0.6) is 0 Å². The van der Waals surface area contributed by atoms with E-state index in [9.17, 15) is 0 Å². The minimum atomic E-state index is -0.203. The van der Waals surface area contributed by atoms with Crippen LogP contribution in [-0.4, -0.2) is 11.7 Å². The average Bonchev–Trinajstić information content (AvgIpc) is 2.36. The van der Waals surface area contributed by atoms with Crippen molar-refractivity contribution < 1.29 is 9.52 Å². The predicted octanol–water partition coefficient (Wildman–Crippen LogP) is 1.42. The molecule has 0 saturated heterocycles. The van der Waals surface area contributed by atoms with Gasteiger partial charge in [0.15, 0.2) is 4.67 Å². The van der Waals surface area contributed by atoms with Crippen molar-refractivity contribution >= 4 is 15.9 Å². The summed E-state index contributed by atoms with van der Waals surface area (Å²) in [5.41, 5.74) is 5.64. The number of nitrogens with two attached hydrogens (primary N) is 1. The lowest BCUT2D eigenvalue weighted by atomic mass is 10.2. The summed E-state index contributed by atoms with van der Waals surface area (Å²) < 4.78 is 5.85. The highest BCUT2D eigenvalue weighted by atomic mass is 79.9. The van der Waals surface area contributed by atoms with Crippen LogP contribution in [0.25, 0.3) is 0 Å². The molecule has 0 bridgehead atoms. The third-order valence-electron chi connectivity index (χ3n) is 1.40. The monoisotopic (exact) mass is 219 g/mol. The first kappa shape index (κ1) is 8.77. The molecule has 1 aromatic heterocycles. The molecule has 4 heteroatoms. The molecule has 62 valence electrons. The van der Waals surface area contributed by atoms with Crippen LogP contribution in [0.15, 0.2) is 21.2 Å². The number of rotatable bonds is 3. The summed E-state index contributed by atoms with van der Waals surface area (Å²) in [6.07, 6.45) is 0.528. The van der Waals surface area contributed by atoms with Gasteiger partial charge < -0.3 is 15.3 Å². The highest BCUT2D eigenvalue weighted by Gasteiger charge is 2.08. The molecular weight excluding hydrogens is 210 g/mol. The first-order valence-electron chi connectivity index (χ1n) is 3.35. The molecule has 0 saturated carbocycles. The molecule has 3 nitrogen and oxygen atoms in total. The molecule has 0 aliphatic heterocycles. The Labute approximate surface area is 73.3 Å². The molecule has 0 aliphatic rings. The number of hydrogen-bond donors (Lipinski definition) is 2. The maximum absolute atomic E-state index is 8.57. The van der Waals surface area contributed by atoms with E-state index in [0.717, 1.165) is 0 Å². The van der Waals surface area contributed by atoms with E-state index in [-0.39, 0.29) is 12.6 Å². The van der Waals surface area contributed by atoms with Gasteiger partial charge in [0.1, 0.15) is 5.76 Å². The smallest absolute Gasteiger partial charge is 0.169 e. The van der Waals surface area contributed by atoms with Gasteiger partial charge in [0, 0.05) is 6.61 Å². The first-order chi connectivity index (χ1) is 5.24. The molecule has 0 radical (unpaired) electrons. The lowest BCUT2D eigenvalue weighted by Crippen LogP contribution is -2.10. The van der Waals surface area contributed by atoms with Crippen molar-refractivity contribution in [2.75, 3.05) is 6.61 Å². The highest BCUT2D eigenvalue weighted by Crippen LogP contribution is 2.20. The maximum Gasteiger partial charge on any atom is 0.169 e. The third-order valence-corrected chi connectivity index (χ3v) is 1.83. The van der Waals surface area contributed by atoms with E-state index in [4.69, 9.17) is 15.3 Å². The van der Waals surface area contributed by atoms with Gasteiger partial charge in [-0.3, -0.25) is 0 Å². The van der Waals surface area contributed by atoms with Gasteiger partial charge in [0.05, 0.1) is 6.04 Å². The molecule has 0 fully saturated rings. The molecular formula is C7H10BrNO2. The Morgan fingerprint density at radius 1 is 1.64 bits per heavy atom. The Bertz CT molecular complexity index is 224. The Morgan fingerprint density at radius 3 is 2.82 bits per heavy atom. The number of aliphatic hydroxyl groups excluding tert-OH is 1. The van der Waals surface area contributed by atoms with E-state index in [1.54, 1.807) is 12.1 Å². The summed E-state index contributed by atoms with van der Waals surface area (Å²) in [5, 5.41) is 8.57. The normalized spacial score (nSPS) is 13.4. The van der Waals surface area contributed by atoms with Crippen molar-refractivity contribution in [1.29, 1.82) is 0 Å². The van der Waals surface area contributed by atoms with Crippen LogP contribution in [0, 0.1) is 0 Å². The largest absolute Gasteiger partial charge is 0.453 e. The van der Waals surface area contributed by atoms with Gasteiger partial charge in [-0.1, -0.05) is 0 Å². The minimum Gasteiger partial charge on any atom is -0.453 e. The predicted molar refractivity (Wildman–Crippen MR) is 45.0 cm³/mol. The molecule has 1 aromatic rings. The van der Waals surface area contributed by atoms with Crippen LogP contribution in [0.4, 0.5) is 0 Å². The van der Waals surface area contributed by atoms with Crippen LogP contribution in [-0.2, 0) is 0 Å². The number of hydrogen-bond acceptors (Lipinski definition) is 3. The van der Waals surface area contributed by atoms with Crippen LogP contribution in [0.3, 0.4) is 0 Å². The molecule has 3 N–H and O–H groups in total. The van der Waals surface area contributed by atoms with Crippen molar-refractivity contribution in [2.24, 2.45) is 5.73 Å². The van der Waals surface area contributed by atoms with Gasteiger partial charge in [0.25, 0.3) is 0 Å². The van der Waals surface area contributed by atoms with Gasteiger partial charge in [-0.2, -0.15) is 0 Å². The van der Waals surface area contributed by atoms with Crippen molar-refractivity contribution in [2.45, 2.75) is 12.5 Å². The number of furan rings is 1. The number of halogens is 1. The van der Waals surface area contributed by atoms with E-state index < -0.39 is 0 Å². The molecule has 0 aromatic carbocycles. The van der Waals surface area contributed by atoms with Crippen molar-refractivity contribution in [3.05, 3.63) is 22.6 Å². The van der Waals surface area contributed by atoms with Crippen LogP contribution >= 0.6 is 15.9 Å². The zero-order chi connectivity index (χ0) is 8.27. The fourth-order valence-electron chi connectivity index (χ4n) is 0.809.